The van der Waals surface area contributed by atoms with Gasteiger partial charge in [-0.15, -0.1) is 0 Å². The molecule has 2 rings (SSSR count). The second kappa shape index (κ2) is 6.10. The molecule has 0 unspecified atom stereocenters. The Labute approximate surface area is 118 Å². The molecule has 3 N–H and O–H groups in total. The molecule has 2 aromatic carbocycles. The summed E-state index contributed by atoms with van der Waals surface area (Å²) in [6, 6.07) is 12.9. The fraction of sp³-hybridized carbons (Fsp3) is 0.188. The molecule has 4 heteroatoms. The van der Waals surface area contributed by atoms with Gasteiger partial charge in [0.15, 0.2) is 6.61 Å². The van der Waals surface area contributed by atoms with E-state index in [1.807, 2.05) is 32.0 Å². The van der Waals surface area contributed by atoms with Crippen molar-refractivity contribution in [3.05, 3.63) is 53.6 Å². The Morgan fingerprint density at radius 3 is 2.55 bits per heavy atom. The molecule has 2 aromatic rings. The Bertz CT molecular complexity index is 606. The minimum atomic E-state index is -0.185. The SMILES string of the molecule is Cc1ccc(C)c(NC(=O)COc2ccc(N)cc2)c1. The van der Waals surface area contributed by atoms with Crippen LogP contribution >= 0.6 is 0 Å². The van der Waals surface area contributed by atoms with E-state index in [0.29, 0.717) is 11.4 Å². The molecule has 0 saturated heterocycles. The lowest BCUT2D eigenvalue weighted by Gasteiger charge is -2.10. The average molecular weight is 270 g/mol. The van der Waals surface area contributed by atoms with E-state index in [1.54, 1.807) is 24.3 Å². The fourth-order valence-electron chi connectivity index (χ4n) is 1.77. The summed E-state index contributed by atoms with van der Waals surface area (Å²) >= 11 is 0. The summed E-state index contributed by atoms with van der Waals surface area (Å²) in [6.07, 6.45) is 0. The Morgan fingerprint density at radius 2 is 1.85 bits per heavy atom. The third-order valence-electron chi connectivity index (χ3n) is 2.92. The number of amides is 1. The van der Waals surface area contributed by atoms with Crippen molar-refractivity contribution in [3.63, 3.8) is 0 Å². The first-order valence-corrected chi connectivity index (χ1v) is 6.40. The van der Waals surface area contributed by atoms with Gasteiger partial charge in [-0.3, -0.25) is 4.79 Å². The summed E-state index contributed by atoms with van der Waals surface area (Å²) in [5, 5.41) is 2.84. The molecule has 0 fully saturated rings. The van der Waals surface area contributed by atoms with Crippen molar-refractivity contribution in [3.8, 4) is 5.75 Å². The van der Waals surface area contributed by atoms with E-state index >= 15 is 0 Å². The molecule has 4 nitrogen and oxygen atoms in total. The molecule has 0 bridgehead atoms. The summed E-state index contributed by atoms with van der Waals surface area (Å²) in [4.78, 5) is 11.9. The molecule has 20 heavy (non-hydrogen) atoms. The van der Waals surface area contributed by atoms with E-state index in [9.17, 15) is 4.79 Å². The van der Waals surface area contributed by atoms with Crippen molar-refractivity contribution in [2.24, 2.45) is 0 Å². The first kappa shape index (κ1) is 13.9. The van der Waals surface area contributed by atoms with Crippen molar-refractivity contribution in [1.82, 2.24) is 0 Å². The number of benzene rings is 2. The molecule has 0 atom stereocenters. The molecule has 0 saturated carbocycles. The lowest BCUT2D eigenvalue weighted by atomic mass is 10.1. The molecular weight excluding hydrogens is 252 g/mol. The summed E-state index contributed by atoms with van der Waals surface area (Å²) in [7, 11) is 0. The van der Waals surface area contributed by atoms with E-state index < -0.39 is 0 Å². The van der Waals surface area contributed by atoms with Gasteiger partial charge in [0.05, 0.1) is 0 Å². The van der Waals surface area contributed by atoms with Crippen LogP contribution in [-0.4, -0.2) is 12.5 Å². The van der Waals surface area contributed by atoms with Gasteiger partial charge in [0, 0.05) is 11.4 Å². The molecule has 0 heterocycles. The minimum absolute atomic E-state index is 0.0305. The second-order valence-corrected chi connectivity index (χ2v) is 4.72. The van der Waals surface area contributed by atoms with Crippen molar-refractivity contribution in [2.45, 2.75) is 13.8 Å². The highest BCUT2D eigenvalue weighted by molar-refractivity contribution is 5.92. The van der Waals surface area contributed by atoms with Crippen LogP contribution in [0.5, 0.6) is 5.75 Å². The van der Waals surface area contributed by atoms with Gasteiger partial charge < -0.3 is 15.8 Å². The molecule has 0 aromatic heterocycles. The van der Waals surface area contributed by atoms with Gasteiger partial charge >= 0.3 is 0 Å². The third-order valence-corrected chi connectivity index (χ3v) is 2.92. The number of rotatable bonds is 4. The number of hydrogen-bond acceptors (Lipinski definition) is 3. The zero-order chi connectivity index (χ0) is 14.5. The molecular formula is C16H18N2O2. The van der Waals surface area contributed by atoms with E-state index in [1.165, 1.54) is 0 Å². The maximum atomic E-state index is 11.9. The fourth-order valence-corrected chi connectivity index (χ4v) is 1.77. The van der Waals surface area contributed by atoms with Crippen LogP contribution < -0.4 is 15.8 Å². The maximum Gasteiger partial charge on any atom is 0.262 e. The highest BCUT2D eigenvalue weighted by Gasteiger charge is 2.06. The molecule has 0 aliphatic rings. The van der Waals surface area contributed by atoms with Crippen molar-refractivity contribution < 1.29 is 9.53 Å². The Hall–Kier alpha value is -2.49. The monoisotopic (exact) mass is 270 g/mol. The third kappa shape index (κ3) is 3.75. The smallest absolute Gasteiger partial charge is 0.262 e. The Morgan fingerprint density at radius 1 is 1.15 bits per heavy atom. The Balaban J connectivity index is 1.92. The van der Waals surface area contributed by atoms with Gasteiger partial charge in [0.1, 0.15) is 5.75 Å². The van der Waals surface area contributed by atoms with Gasteiger partial charge in [0.25, 0.3) is 5.91 Å². The number of aryl methyl sites for hydroxylation is 2. The number of nitrogens with two attached hydrogens (primary N) is 1. The summed E-state index contributed by atoms with van der Waals surface area (Å²) in [5.41, 5.74) is 9.19. The average Bonchev–Trinajstić information content (AvgIpc) is 2.42. The van der Waals surface area contributed by atoms with Crippen LogP contribution in [-0.2, 0) is 4.79 Å². The zero-order valence-corrected chi connectivity index (χ0v) is 11.6. The predicted molar refractivity (Wildman–Crippen MR) is 80.9 cm³/mol. The lowest BCUT2D eigenvalue weighted by Crippen LogP contribution is -2.20. The van der Waals surface area contributed by atoms with Gasteiger partial charge in [-0.1, -0.05) is 12.1 Å². The first-order chi connectivity index (χ1) is 9.54. The molecule has 0 aliphatic carbocycles. The summed E-state index contributed by atoms with van der Waals surface area (Å²) in [5.74, 6) is 0.436. The van der Waals surface area contributed by atoms with E-state index in [2.05, 4.69) is 5.32 Å². The molecule has 104 valence electrons. The lowest BCUT2D eigenvalue weighted by molar-refractivity contribution is -0.118. The van der Waals surface area contributed by atoms with E-state index in [-0.39, 0.29) is 12.5 Å². The van der Waals surface area contributed by atoms with Crippen LogP contribution in [0.4, 0.5) is 11.4 Å². The normalized spacial score (nSPS) is 10.1. The standard InChI is InChI=1S/C16H18N2O2/c1-11-3-4-12(2)15(9-11)18-16(19)10-20-14-7-5-13(17)6-8-14/h3-9H,10,17H2,1-2H3,(H,18,19). The highest BCUT2D eigenvalue weighted by Crippen LogP contribution is 2.17. The van der Waals surface area contributed by atoms with Crippen molar-refractivity contribution in [2.75, 3.05) is 17.7 Å². The second-order valence-electron chi connectivity index (χ2n) is 4.72. The van der Waals surface area contributed by atoms with Gasteiger partial charge in [-0.05, 0) is 55.3 Å². The maximum absolute atomic E-state index is 11.9. The Kier molecular flexibility index (Phi) is 4.25. The van der Waals surface area contributed by atoms with Crippen LogP contribution in [0, 0.1) is 13.8 Å². The number of nitrogens with one attached hydrogen (secondary N) is 1. The number of nitrogen functional groups attached to an aromatic ring is 1. The topological polar surface area (TPSA) is 64.3 Å². The number of hydrogen-bond donors (Lipinski definition) is 2. The highest BCUT2D eigenvalue weighted by atomic mass is 16.5. The number of carbonyl (C=O) groups is 1. The van der Waals surface area contributed by atoms with E-state index in [4.69, 9.17) is 10.5 Å². The number of anilines is 2. The predicted octanol–water partition coefficient (Wildman–Crippen LogP) is 2.90. The quantitative estimate of drug-likeness (QED) is 0.840. The van der Waals surface area contributed by atoms with Crippen LogP contribution in [0.3, 0.4) is 0 Å². The van der Waals surface area contributed by atoms with E-state index in [0.717, 1.165) is 16.8 Å². The van der Waals surface area contributed by atoms with Crippen LogP contribution in [0.1, 0.15) is 11.1 Å². The van der Waals surface area contributed by atoms with Gasteiger partial charge in [-0.2, -0.15) is 0 Å². The number of ether oxygens (including phenoxy) is 1. The molecule has 0 radical (unpaired) electrons. The molecule has 0 spiro atoms. The van der Waals surface area contributed by atoms with Gasteiger partial charge in [0.2, 0.25) is 0 Å². The summed E-state index contributed by atoms with van der Waals surface area (Å²) < 4.78 is 5.40. The van der Waals surface area contributed by atoms with Crippen molar-refractivity contribution >= 4 is 17.3 Å². The van der Waals surface area contributed by atoms with Crippen LogP contribution in [0.15, 0.2) is 42.5 Å². The molecule has 1 amide bonds. The van der Waals surface area contributed by atoms with Crippen molar-refractivity contribution in [1.29, 1.82) is 0 Å². The van der Waals surface area contributed by atoms with Crippen LogP contribution in [0.2, 0.25) is 0 Å². The first-order valence-electron chi connectivity index (χ1n) is 6.40. The van der Waals surface area contributed by atoms with Crippen LogP contribution in [0.25, 0.3) is 0 Å². The minimum Gasteiger partial charge on any atom is -0.484 e. The largest absolute Gasteiger partial charge is 0.484 e. The zero-order valence-electron chi connectivity index (χ0n) is 11.6. The number of carbonyl (C=O) groups excluding carboxylic acids is 1. The summed E-state index contributed by atoms with van der Waals surface area (Å²) in [6.45, 7) is 3.91. The van der Waals surface area contributed by atoms with Gasteiger partial charge in [-0.25, -0.2) is 0 Å². The molecule has 0 aliphatic heterocycles.